The molecule has 158 valence electrons. The van der Waals surface area contributed by atoms with E-state index >= 15 is 0 Å². The number of carbonyl (C=O) groups is 1. The summed E-state index contributed by atoms with van der Waals surface area (Å²) < 4.78 is 49.5. The van der Waals surface area contributed by atoms with Crippen molar-refractivity contribution in [2.75, 3.05) is 18.6 Å². The Bertz CT molecular complexity index is 660. The number of anilines is 1. The van der Waals surface area contributed by atoms with Crippen LogP contribution in [-0.2, 0) is 19.8 Å². The number of alkyl halides is 3. The van der Waals surface area contributed by atoms with Crippen molar-refractivity contribution in [2.24, 2.45) is 0 Å². The van der Waals surface area contributed by atoms with Crippen LogP contribution in [0.3, 0.4) is 0 Å². The molecule has 1 aromatic rings. The maximum atomic E-state index is 12.5. The first kappa shape index (κ1) is 23.1. The summed E-state index contributed by atoms with van der Waals surface area (Å²) in [6.45, 7) is 5.18. The molecule has 28 heavy (non-hydrogen) atoms. The lowest BCUT2D eigenvalue weighted by atomic mass is 10.1. The van der Waals surface area contributed by atoms with Crippen LogP contribution in [0.5, 0.6) is 0 Å². The Morgan fingerprint density at radius 1 is 1.32 bits per heavy atom. The monoisotopic (exact) mass is 433 g/mol. The lowest BCUT2D eigenvalue weighted by molar-refractivity contribution is -0.151. The topological polar surface area (TPSA) is 38.8 Å². The molecule has 1 saturated heterocycles. The van der Waals surface area contributed by atoms with Crippen LogP contribution in [0.2, 0.25) is 25.2 Å². The standard InChI is InChI=1S/C19H30F3NO3Si2/c1-23(18(24)15-19(20,21)22)17-10-6-8-16(14-17)9-7-13-28(3)12-5-4-11-25-27(2)26-28/h6,8,10,14,27H,4-5,7,9,11-13,15H2,1-3H3. The van der Waals surface area contributed by atoms with Crippen molar-refractivity contribution in [3.8, 4) is 0 Å². The molecule has 0 spiro atoms. The smallest absolute Gasteiger partial charge is 0.397 e. The van der Waals surface area contributed by atoms with Gasteiger partial charge in [-0.15, -0.1) is 0 Å². The van der Waals surface area contributed by atoms with Crippen LogP contribution < -0.4 is 4.90 Å². The Balaban J connectivity index is 1.92. The molecule has 0 bridgehead atoms. The summed E-state index contributed by atoms with van der Waals surface area (Å²) in [6.07, 6.45) is -1.91. The molecule has 1 amide bonds. The molecule has 1 fully saturated rings. The minimum absolute atomic E-state index is 0.492. The lowest BCUT2D eigenvalue weighted by Crippen LogP contribution is -2.42. The molecule has 2 rings (SSSR count). The van der Waals surface area contributed by atoms with Crippen molar-refractivity contribution in [3.63, 3.8) is 0 Å². The SMILES string of the molecule is CN(C(=O)CC(F)(F)F)c1cccc(CCC[Si]2(C)CCCCO[SiH](C)O2)c1. The zero-order valence-corrected chi connectivity index (χ0v) is 19.0. The molecular weight excluding hydrogens is 403 g/mol. The Morgan fingerprint density at radius 2 is 2.07 bits per heavy atom. The van der Waals surface area contributed by atoms with Crippen LogP contribution in [0.1, 0.15) is 31.2 Å². The van der Waals surface area contributed by atoms with E-state index in [2.05, 4.69) is 13.1 Å². The molecule has 0 saturated carbocycles. The quantitative estimate of drug-likeness (QED) is 0.606. The first-order valence-electron chi connectivity index (χ1n) is 9.80. The van der Waals surface area contributed by atoms with Gasteiger partial charge >= 0.3 is 15.5 Å². The molecule has 9 heteroatoms. The predicted octanol–water partition coefficient (Wildman–Crippen LogP) is 4.79. The van der Waals surface area contributed by atoms with Gasteiger partial charge < -0.3 is 13.4 Å². The molecule has 0 N–H and O–H groups in total. The Morgan fingerprint density at radius 3 is 2.79 bits per heavy atom. The highest BCUT2D eigenvalue weighted by Crippen LogP contribution is 2.27. The number of nitrogens with zero attached hydrogens (tertiary/aromatic N) is 1. The average molecular weight is 434 g/mol. The number of carbonyl (C=O) groups excluding carboxylic acids is 1. The molecule has 0 radical (unpaired) electrons. The third-order valence-corrected chi connectivity index (χ3v) is 12.2. The number of amides is 1. The molecule has 4 nitrogen and oxygen atoms in total. The van der Waals surface area contributed by atoms with E-state index in [0.717, 1.165) is 54.8 Å². The van der Waals surface area contributed by atoms with E-state index in [-0.39, 0.29) is 0 Å². The minimum Gasteiger partial charge on any atom is -0.438 e. The molecular formula is C19H30F3NO3Si2. The van der Waals surface area contributed by atoms with Gasteiger partial charge in [-0.2, -0.15) is 13.2 Å². The van der Waals surface area contributed by atoms with Crippen molar-refractivity contribution in [2.45, 2.75) is 63.5 Å². The summed E-state index contributed by atoms with van der Waals surface area (Å²) in [5, 5.41) is 0. The van der Waals surface area contributed by atoms with E-state index in [4.69, 9.17) is 8.54 Å². The Kier molecular flexibility index (Phi) is 8.29. The number of halogens is 3. The summed E-state index contributed by atoms with van der Waals surface area (Å²) >= 11 is 0. The Hall–Kier alpha value is -1.17. The first-order chi connectivity index (χ1) is 13.1. The van der Waals surface area contributed by atoms with E-state index in [9.17, 15) is 18.0 Å². The second kappa shape index (κ2) is 10.0. The van der Waals surface area contributed by atoms with Crippen molar-refractivity contribution in [1.82, 2.24) is 0 Å². The van der Waals surface area contributed by atoms with Gasteiger partial charge in [-0.1, -0.05) is 18.6 Å². The van der Waals surface area contributed by atoms with E-state index < -0.39 is 36.1 Å². The normalized spacial score (nSPS) is 23.7. The fraction of sp³-hybridized carbons (Fsp3) is 0.632. The largest absolute Gasteiger partial charge is 0.438 e. The van der Waals surface area contributed by atoms with Gasteiger partial charge in [-0.25, -0.2) is 0 Å². The van der Waals surface area contributed by atoms with Crippen LogP contribution >= 0.6 is 0 Å². The number of hydrogen-bond donors (Lipinski definition) is 0. The van der Waals surface area contributed by atoms with Gasteiger partial charge in [0.05, 0.1) is 0 Å². The maximum Gasteiger partial charge on any atom is 0.397 e. The van der Waals surface area contributed by atoms with Crippen LogP contribution in [0.4, 0.5) is 18.9 Å². The van der Waals surface area contributed by atoms with Crippen LogP contribution in [0.25, 0.3) is 0 Å². The van der Waals surface area contributed by atoms with Gasteiger partial charge in [0, 0.05) is 19.3 Å². The summed E-state index contributed by atoms with van der Waals surface area (Å²) in [5.74, 6) is -0.952. The zero-order valence-electron chi connectivity index (χ0n) is 16.8. The maximum absolute atomic E-state index is 12.5. The molecule has 0 aliphatic carbocycles. The molecule has 0 aromatic heterocycles. The van der Waals surface area contributed by atoms with Gasteiger partial charge in [-0.3, -0.25) is 4.79 Å². The summed E-state index contributed by atoms with van der Waals surface area (Å²) in [7, 11) is -1.92. The molecule has 1 aromatic carbocycles. The van der Waals surface area contributed by atoms with Crippen molar-refractivity contribution in [3.05, 3.63) is 29.8 Å². The average Bonchev–Trinajstić information content (AvgIpc) is 2.58. The van der Waals surface area contributed by atoms with Crippen molar-refractivity contribution in [1.29, 1.82) is 0 Å². The van der Waals surface area contributed by atoms with E-state index in [1.54, 1.807) is 18.2 Å². The highest BCUT2D eigenvalue weighted by atomic mass is 28.4. The molecule has 1 heterocycles. The van der Waals surface area contributed by atoms with Gasteiger partial charge in [0.2, 0.25) is 5.91 Å². The third-order valence-electron chi connectivity index (χ3n) is 5.10. The predicted molar refractivity (Wildman–Crippen MR) is 109 cm³/mol. The number of rotatable bonds is 6. The van der Waals surface area contributed by atoms with Crippen molar-refractivity contribution < 1.29 is 26.5 Å². The fourth-order valence-electron chi connectivity index (χ4n) is 3.55. The van der Waals surface area contributed by atoms with Crippen LogP contribution in [0.15, 0.2) is 24.3 Å². The minimum atomic E-state index is -4.50. The molecule has 1 aliphatic heterocycles. The fourth-order valence-corrected chi connectivity index (χ4v) is 10.6. The van der Waals surface area contributed by atoms with Crippen LogP contribution in [-0.4, -0.2) is 43.3 Å². The van der Waals surface area contributed by atoms with E-state index in [1.165, 1.54) is 7.05 Å². The summed E-state index contributed by atoms with van der Waals surface area (Å²) in [4.78, 5) is 12.9. The Labute approximate surface area is 168 Å². The second-order valence-electron chi connectivity index (χ2n) is 7.73. The first-order valence-corrected chi connectivity index (χ1v) is 14.7. The van der Waals surface area contributed by atoms with Crippen LogP contribution in [0, 0.1) is 0 Å². The summed E-state index contributed by atoms with van der Waals surface area (Å²) in [5.41, 5.74) is 1.51. The zero-order chi connectivity index (χ0) is 20.8. The van der Waals surface area contributed by atoms with E-state index in [1.807, 2.05) is 6.07 Å². The third kappa shape index (κ3) is 7.69. The van der Waals surface area contributed by atoms with E-state index in [0.29, 0.717) is 5.69 Å². The highest BCUT2D eigenvalue weighted by Gasteiger charge is 2.33. The van der Waals surface area contributed by atoms with Gasteiger partial charge in [0.15, 0.2) is 8.32 Å². The highest BCUT2D eigenvalue weighted by molar-refractivity contribution is 6.78. The van der Waals surface area contributed by atoms with Gasteiger partial charge in [0.1, 0.15) is 6.42 Å². The van der Waals surface area contributed by atoms with Gasteiger partial charge in [0.25, 0.3) is 0 Å². The summed E-state index contributed by atoms with van der Waals surface area (Å²) in [6, 6.07) is 9.41. The lowest BCUT2D eigenvalue weighted by Gasteiger charge is -2.33. The van der Waals surface area contributed by atoms with Gasteiger partial charge in [-0.05, 0) is 62.1 Å². The molecule has 2 atom stereocenters. The number of benzene rings is 1. The molecule has 2 unspecified atom stereocenters. The number of aryl methyl sites for hydroxylation is 1. The second-order valence-corrected chi connectivity index (χ2v) is 14.0. The number of hydrogen-bond acceptors (Lipinski definition) is 3. The molecule has 1 aliphatic rings. The van der Waals surface area contributed by atoms with Crippen molar-refractivity contribution >= 4 is 29.2 Å².